The second-order valence-electron chi connectivity index (χ2n) is 5.08. The molecule has 0 bridgehead atoms. The van der Waals surface area contributed by atoms with E-state index in [1.807, 2.05) is 0 Å². The summed E-state index contributed by atoms with van der Waals surface area (Å²) in [5, 5.41) is 5.02. The van der Waals surface area contributed by atoms with Crippen molar-refractivity contribution in [3.63, 3.8) is 0 Å². The van der Waals surface area contributed by atoms with Gasteiger partial charge >= 0.3 is 0 Å². The summed E-state index contributed by atoms with van der Waals surface area (Å²) < 4.78 is 10.4. The van der Waals surface area contributed by atoms with Crippen molar-refractivity contribution >= 4 is 21.5 Å². The van der Waals surface area contributed by atoms with Crippen molar-refractivity contribution in [3.8, 4) is 0 Å². The molecule has 102 valence electrons. The van der Waals surface area contributed by atoms with Crippen molar-refractivity contribution in [2.75, 3.05) is 14.2 Å². The van der Waals surface area contributed by atoms with Gasteiger partial charge in [0.2, 0.25) is 0 Å². The van der Waals surface area contributed by atoms with E-state index in [0.29, 0.717) is 13.2 Å². The van der Waals surface area contributed by atoms with Crippen LogP contribution in [0.4, 0.5) is 0 Å². The highest BCUT2D eigenvalue weighted by Crippen LogP contribution is 2.25. The van der Waals surface area contributed by atoms with Crippen LogP contribution in [0.25, 0.3) is 21.5 Å². The molecular weight excluding hydrogens is 248 g/mol. The number of hydrogen-bond acceptors (Lipinski definition) is 2. The van der Waals surface area contributed by atoms with Crippen molar-refractivity contribution in [2.24, 2.45) is 0 Å². The molecule has 2 nitrogen and oxygen atoms in total. The van der Waals surface area contributed by atoms with Gasteiger partial charge in [0, 0.05) is 14.2 Å². The van der Waals surface area contributed by atoms with E-state index >= 15 is 0 Å². The molecule has 3 aromatic carbocycles. The highest BCUT2D eigenvalue weighted by atomic mass is 16.5. The van der Waals surface area contributed by atoms with Crippen molar-refractivity contribution in [2.45, 2.75) is 13.2 Å². The fourth-order valence-electron chi connectivity index (χ4n) is 2.61. The van der Waals surface area contributed by atoms with Crippen LogP contribution in [0.1, 0.15) is 11.1 Å². The van der Waals surface area contributed by atoms with Crippen LogP contribution in [0.15, 0.2) is 48.5 Å². The Morgan fingerprint density at radius 1 is 0.600 bits per heavy atom. The molecule has 3 rings (SSSR count). The number of fused-ring (bicyclic) bond motifs is 2. The maximum Gasteiger partial charge on any atom is 0.0713 e. The summed E-state index contributed by atoms with van der Waals surface area (Å²) in [5.74, 6) is 0. The fourth-order valence-corrected chi connectivity index (χ4v) is 2.61. The first-order chi connectivity index (χ1) is 9.80. The molecular formula is C18H18O2. The Labute approximate surface area is 118 Å². The van der Waals surface area contributed by atoms with Gasteiger partial charge in [-0.1, -0.05) is 24.3 Å². The van der Waals surface area contributed by atoms with Gasteiger partial charge in [0.1, 0.15) is 0 Å². The molecule has 0 fully saturated rings. The monoisotopic (exact) mass is 266 g/mol. The molecule has 0 spiro atoms. The Bertz CT molecular complexity index is 686. The largest absolute Gasteiger partial charge is 0.380 e. The fraction of sp³-hybridized carbons (Fsp3) is 0.222. The van der Waals surface area contributed by atoms with E-state index in [9.17, 15) is 0 Å². The zero-order chi connectivity index (χ0) is 13.9. The van der Waals surface area contributed by atoms with Crippen molar-refractivity contribution in [1.82, 2.24) is 0 Å². The molecule has 0 N–H and O–H groups in total. The lowest BCUT2D eigenvalue weighted by Crippen LogP contribution is -1.89. The predicted octanol–water partition coefficient (Wildman–Crippen LogP) is 4.29. The second-order valence-corrected chi connectivity index (χ2v) is 5.08. The quantitative estimate of drug-likeness (QED) is 0.656. The van der Waals surface area contributed by atoms with E-state index < -0.39 is 0 Å². The molecule has 20 heavy (non-hydrogen) atoms. The minimum Gasteiger partial charge on any atom is -0.380 e. The Morgan fingerprint density at radius 2 is 1.05 bits per heavy atom. The Morgan fingerprint density at radius 3 is 1.50 bits per heavy atom. The third-order valence-corrected chi connectivity index (χ3v) is 3.55. The van der Waals surface area contributed by atoms with Gasteiger partial charge in [-0.2, -0.15) is 0 Å². The molecule has 0 amide bonds. The van der Waals surface area contributed by atoms with Crippen molar-refractivity contribution in [3.05, 3.63) is 59.7 Å². The first kappa shape index (κ1) is 13.1. The molecule has 0 unspecified atom stereocenters. The maximum atomic E-state index is 5.20. The van der Waals surface area contributed by atoms with Gasteiger partial charge < -0.3 is 9.47 Å². The molecule has 0 aliphatic heterocycles. The van der Waals surface area contributed by atoms with Crippen LogP contribution in [0.3, 0.4) is 0 Å². The molecule has 2 heteroatoms. The maximum absolute atomic E-state index is 5.20. The Kier molecular flexibility index (Phi) is 3.68. The third-order valence-electron chi connectivity index (χ3n) is 3.55. The second kappa shape index (κ2) is 5.61. The number of methoxy groups -OCH3 is 2. The van der Waals surface area contributed by atoms with Crippen molar-refractivity contribution < 1.29 is 9.47 Å². The summed E-state index contributed by atoms with van der Waals surface area (Å²) in [5.41, 5.74) is 2.40. The average Bonchev–Trinajstić information content (AvgIpc) is 2.46. The molecule has 0 saturated carbocycles. The van der Waals surface area contributed by atoms with Crippen LogP contribution in [0.2, 0.25) is 0 Å². The Hall–Kier alpha value is -1.90. The van der Waals surface area contributed by atoms with Crippen molar-refractivity contribution in [1.29, 1.82) is 0 Å². The summed E-state index contributed by atoms with van der Waals surface area (Å²) in [4.78, 5) is 0. The highest BCUT2D eigenvalue weighted by Gasteiger charge is 2.01. The van der Waals surface area contributed by atoms with Gasteiger partial charge in [-0.05, 0) is 56.9 Å². The number of hydrogen-bond donors (Lipinski definition) is 0. The lowest BCUT2D eigenvalue weighted by atomic mass is 10.0. The van der Waals surface area contributed by atoms with Gasteiger partial charge in [0.05, 0.1) is 13.2 Å². The van der Waals surface area contributed by atoms with E-state index in [4.69, 9.17) is 9.47 Å². The molecule has 0 saturated heterocycles. The SMILES string of the molecule is COCc1ccc2cc3ccc(COC)cc3cc2c1. The number of benzene rings is 3. The van der Waals surface area contributed by atoms with Crippen LogP contribution >= 0.6 is 0 Å². The van der Waals surface area contributed by atoms with Crippen LogP contribution in [-0.4, -0.2) is 14.2 Å². The smallest absolute Gasteiger partial charge is 0.0713 e. The van der Waals surface area contributed by atoms with Crippen LogP contribution in [0.5, 0.6) is 0 Å². The summed E-state index contributed by atoms with van der Waals surface area (Å²) in [7, 11) is 3.45. The van der Waals surface area contributed by atoms with Crippen LogP contribution < -0.4 is 0 Å². The first-order valence-corrected chi connectivity index (χ1v) is 6.73. The van der Waals surface area contributed by atoms with Gasteiger partial charge in [0.25, 0.3) is 0 Å². The summed E-state index contributed by atoms with van der Waals surface area (Å²) in [6.07, 6.45) is 0. The highest BCUT2D eigenvalue weighted by molar-refractivity contribution is 5.98. The van der Waals surface area contributed by atoms with E-state index in [1.54, 1.807) is 14.2 Å². The van der Waals surface area contributed by atoms with Gasteiger partial charge in [-0.25, -0.2) is 0 Å². The predicted molar refractivity (Wildman–Crippen MR) is 82.9 cm³/mol. The molecule has 3 aromatic rings. The molecule has 0 radical (unpaired) electrons. The van der Waals surface area contributed by atoms with E-state index in [1.165, 1.54) is 32.7 Å². The minimum atomic E-state index is 0.650. The minimum absolute atomic E-state index is 0.650. The summed E-state index contributed by atoms with van der Waals surface area (Å²) in [6, 6.07) is 17.4. The molecule has 0 aromatic heterocycles. The summed E-state index contributed by atoms with van der Waals surface area (Å²) >= 11 is 0. The van der Waals surface area contributed by atoms with Crippen LogP contribution in [0, 0.1) is 0 Å². The normalized spacial score (nSPS) is 11.3. The lowest BCUT2D eigenvalue weighted by molar-refractivity contribution is 0.185. The molecule has 0 heterocycles. The van der Waals surface area contributed by atoms with E-state index in [0.717, 1.165) is 0 Å². The molecule has 0 atom stereocenters. The van der Waals surface area contributed by atoms with Gasteiger partial charge in [-0.3, -0.25) is 0 Å². The first-order valence-electron chi connectivity index (χ1n) is 6.73. The molecule has 0 aliphatic carbocycles. The zero-order valence-corrected chi connectivity index (χ0v) is 11.8. The topological polar surface area (TPSA) is 18.5 Å². The number of rotatable bonds is 4. The third kappa shape index (κ3) is 2.53. The van der Waals surface area contributed by atoms with Gasteiger partial charge in [0.15, 0.2) is 0 Å². The van der Waals surface area contributed by atoms with E-state index in [2.05, 4.69) is 48.5 Å². The average molecular weight is 266 g/mol. The summed E-state index contributed by atoms with van der Waals surface area (Å²) in [6.45, 7) is 1.30. The lowest BCUT2D eigenvalue weighted by Gasteiger charge is -2.07. The number of ether oxygens (including phenoxy) is 2. The zero-order valence-electron chi connectivity index (χ0n) is 11.8. The molecule has 0 aliphatic rings. The standard InChI is InChI=1S/C18H18O2/c1-19-11-13-3-5-15-9-16-6-4-14(12-20-2)8-18(16)10-17(15)7-13/h3-10H,11-12H2,1-2H3. The van der Waals surface area contributed by atoms with E-state index in [-0.39, 0.29) is 0 Å². The Balaban J connectivity index is 2.14. The van der Waals surface area contributed by atoms with Gasteiger partial charge in [-0.15, -0.1) is 0 Å². The van der Waals surface area contributed by atoms with Crippen LogP contribution in [-0.2, 0) is 22.7 Å².